The van der Waals surface area contributed by atoms with E-state index in [4.69, 9.17) is 0 Å². The Kier molecular flexibility index (Phi) is 4.57. The van der Waals surface area contributed by atoms with E-state index < -0.39 is 0 Å². The van der Waals surface area contributed by atoms with Crippen LogP contribution in [0.4, 0.5) is 0 Å². The van der Waals surface area contributed by atoms with E-state index in [1.807, 2.05) is 24.3 Å². The fourth-order valence-corrected chi connectivity index (χ4v) is 2.87. The maximum absolute atomic E-state index is 12.3. The van der Waals surface area contributed by atoms with Gasteiger partial charge in [0, 0.05) is 18.3 Å². The van der Waals surface area contributed by atoms with Crippen molar-refractivity contribution in [2.75, 3.05) is 6.54 Å². The molecule has 0 spiro atoms. The second-order valence-electron chi connectivity index (χ2n) is 7.37. The van der Waals surface area contributed by atoms with E-state index in [-0.39, 0.29) is 23.8 Å². The number of amides is 2. The Labute approximate surface area is 148 Å². The minimum Gasteiger partial charge on any atom is -0.343 e. The number of carbonyl (C=O) groups excluding carboxylic acids is 2. The van der Waals surface area contributed by atoms with E-state index in [1.54, 1.807) is 23.2 Å². The van der Waals surface area contributed by atoms with E-state index >= 15 is 0 Å². The monoisotopic (exact) mass is 337 g/mol. The summed E-state index contributed by atoms with van der Waals surface area (Å²) in [5.74, 6) is -0.332. The van der Waals surface area contributed by atoms with Gasteiger partial charge in [0.15, 0.2) is 0 Å². The van der Waals surface area contributed by atoms with Crippen molar-refractivity contribution in [3.63, 3.8) is 0 Å². The topological polar surface area (TPSA) is 62.3 Å². The number of nitrogens with zero attached hydrogens (tertiary/aromatic N) is 2. The third-order valence-electron chi connectivity index (χ3n) is 4.45. The number of carbonyl (C=O) groups is 2. The van der Waals surface area contributed by atoms with Crippen LogP contribution in [0.15, 0.2) is 42.6 Å². The molecule has 1 N–H and O–H groups in total. The van der Waals surface area contributed by atoms with Gasteiger partial charge < -0.3 is 10.2 Å². The van der Waals surface area contributed by atoms with Gasteiger partial charge in [0.2, 0.25) is 5.91 Å². The van der Waals surface area contributed by atoms with Gasteiger partial charge in [0.05, 0.1) is 18.8 Å². The molecule has 0 saturated carbocycles. The zero-order chi connectivity index (χ0) is 18.0. The molecule has 0 saturated heterocycles. The third kappa shape index (κ3) is 3.87. The highest BCUT2D eigenvalue weighted by Crippen LogP contribution is 2.22. The van der Waals surface area contributed by atoms with Crippen molar-refractivity contribution in [1.82, 2.24) is 15.2 Å². The van der Waals surface area contributed by atoms with Crippen LogP contribution in [0, 0.1) is 0 Å². The molecule has 1 aromatic carbocycles. The van der Waals surface area contributed by atoms with Crippen LogP contribution >= 0.6 is 0 Å². The zero-order valence-corrected chi connectivity index (χ0v) is 14.9. The van der Waals surface area contributed by atoms with Crippen molar-refractivity contribution in [3.8, 4) is 0 Å². The summed E-state index contributed by atoms with van der Waals surface area (Å²) in [6.45, 7) is 7.44. The molecule has 2 aromatic rings. The van der Waals surface area contributed by atoms with Crippen molar-refractivity contribution < 1.29 is 9.59 Å². The van der Waals surface area contributed by atoms with Gasteiger partial charge in [-0.2, -0.15) is 0 Å². The smallest absolute Gasteiger partial charge is 0.251 e. The van der Waals surface area contributed by atoms with Gasteiger partial charge in [-0.3, -0.25) is 14.6 Å². The quantitative estimate of drug-likeness (QED) is 0.936. The van der Waals surface area contributed by atoms with Crippen LogP contribution < -0.4 is 5.32 Å². The van der Waals surface area contributed by atoms with Crippen molar-refractivity contribution in [2.24, 2.45) is 0 Å². The molecule has 0 fully saturated rings. The first-order valence-electron chi connectivity index (χ1n) is 8.44. The molecule has 2 amide bonds. The lowest BCUT2D eigenvalue weighted by atomic mass is 9.87. The molecular weight excluding hydrogens is 314 g/mol. The van der Waals surface area contributed by atoms with Crippen LogP contribution in [0.3, 0.4) is 0 Å². The molecule has 1 aliphatic rings. The minimum atomic E-state index is -0.233. The molecular formula is C20H23N3O2. The number of benzene rings is 1. The molecule has 0 bridgehead atoms. The highest BCUT2D eigenvalue weighted by atomic mass is 16.2. The minimum absolute atomic E-state index is 0.00611. The maximum atomic E-state index is 12.3. The lowest BCUT2D eigenvalue weighted by Gasteiger charge is -2.19. The van der Waals surface area contributed by atoms with E-state index in [2.05, 4.69) is 31.1 Å². The summed E-state index contributed by atoms with van der Waals surface area (Å²) >= 11 is 0. The fourth-order valence-electron chi connectivity index (χ4n) is 2.87. The second kappa shape index (κ2) is 6.67. The number of hydrogen-bond acceptors (Lipinski definition) is 3. The Hall–Kier alpha value is -2.69. The SMILES string of the molecule is CC(C)(C)c1ccc(C(=O)NCC(=O)N2Cc3cccnc3C2)cc1. The lowest BCUT2D eigenvalue weighted by molar-refractivity contribution is -0.130. The Morgan fingerprint density at radius 1 is 1.12 bits per heavy atom. The second-order valence-corrected chi connectivity index (χ2v) is 7.37. The number of nitrogens with one attached hydrogen (secondary N) is 1. The van der Waals surface area contributed by atoms with Crippen molar-refractivity contribution in [1.29, 1.82) is 0 Å². The number of pyridine rings is 1. The average molecular weight is 337 g/mol. The van der Waals surface area contributed by atoms with Gasteiger partial charge in [0.1, 0.15) is 0 Å². The molecule has 5 heteroatoms. The molecule has 130 valence electrons. The van der Waals surface area contributed by atoms with Crippen LogP contribution in [0.5, 0.6) is 0 Å². The maximum Gasteiger partial charge on any atom is 0.251 e. The van der Waals surface area contributed by atoms with Gasteiger partial charge in [0.25, 0.3) is 5.91 Å². The summed E-state index contributed by atoms with van der Waals surface area (Å²) in [4.78, 5) is 30.6. The highest BCUT2D eigenvalue weighted by molar-refractivity contribution is 5.96. The first kappa shape index (κ1) is 17.1. The molecule has 0 aliphatic carbocycles. The summed E-state index contributed by atoms with van der Waals surface area (Å²) in [6, 6.07) is 11.4. The Morgan fingerprint density at radius 3 is 2.48 bits per heavy atom. The molecule has 1 aromatic heterocycles. The van der Waals surface area contributed by atoms with Gasteiger partial charge >= 0.3 is 0 Å². The average Bonchev–Trinajstić information content (AvgIpc) is 3.03. The Morgan fingerprint density at radius 2 is 1.84 bits per heavy atom. The number of aromatic nitrogens is 1. The molecule has 3 rings (SSSR count). The van der Waals surface area contributed by atoms with Gasteiger partial charge in [-0.15, -0.1) is 0 Å². The molecule has 0 atom stereocenters. The standard InChI is InChI=1S/C20H23N3O2/c1-20(2,3)16-8-6-14(7-9-16)19(25)22-11-18(24)23-12-15-5-4-10-21-17(15)13-23/h4-10H,11-13H2,1-3H3,(H,22,25). The van der Waals surface area contributed by atoms with Crippen LogP contribution in [0.25, 0.3) is 0 Å². The predicted octanol–water partition coefficient (Wildman–Crippen LogP) is 2.65. The predicted molar refractivity (Wildman–Crippen MR) is 96.0 cm³/mol. The third-order valence-corrected chi connectivity index (χ3v) is 4.45. The molecule has 2 heterocycles. The lowest BCUT2D eigenvalue weighted by Crippen LogP contribution is -2.37. The first-order valence-corrected chi connectivity index (χ1v) is 8.44. The van der Waals surface area contributed by atoms with E-state index in [0.29, 0.717) is 18.7 Å². The van der Waals surface area contributed by atoms with Gasteiger partial charge in [-0.1, -0.05) is 39.0 Å². The normalized spacial score (nSPS) is 13.5. The van der Waals surface area contributed by atoms with Crippen LogP contribution in [0.2, 0.25) is 0 Å². The molecule has 5 nitrogen and oxygen atoms in total. The van der Waals surface area contributed by atoms with Crippen molar-refractivity contribution >= 4 is 11.8 Å². The van der Waals surface area contributed by atoms with E-state index in [0.717, 1.165) is 11.3 Å². The van der Waals surface area contributed by atoms with Crippen molar-refractivity contribution in [3.05, 3.63) is 65.0 Å². The van der Waals surface area contributed by atoms with Gasteiger partial charge in [-0.05, 0) is 34.7 Å². The van der Waals surface area contributed by atoms with Crippen molar-refractivity contribution in [2.45, 2.75) is 39.3 Å². The molecule has 1 aliphatic heterocycles. The van der Waals surface area contributed by atoms with Crippen LogP contribution in [0.1, 0.15) is 48.0 Å². The number of rotatable bonds is 3. The first-order chi connectivity index (χ1) is 11.8. The summed E-state index contributed by atoms with van der Waals surface area (Å²) in [6.07, 6.45) is 1.73. The zero-order valence-electron chi connectivity index (χ0n) is 14.9. The number of fused-ring (bicyclic) bond motifs is 1. The number of hydrogen-bond donors (Lipinski definition) is 1. The Bertz CT molecular complexity index is 766. The molecule has 0 unspecified atom stereocenters. The molecule has 25 heavy (non-hydrogen) atoms. The van der Waals surface area contributed by atoms with Crippen LogP contribution in [-0.4, -0.2) is 28.2 Å². The summed E-state index contributed by atoms with van der Waals surface area (Å²) in [5, 5.41) is 2.71. The molecule has 0 radical (unpaired) electrons. The summed E-state index contributed by atoms with van der Waals surface area (Å²) in [5.41, 5.74) is 3.78. The largest absolute Gasteiger partial charge is 0.343 e. The highest BCUT2D eigenvalue weighted by Gasteiger charge is 2.24. The summed E-state index contributed by atoms with van der Waals surface area (Å²) < 4.78 is 0. The van der Waals surface area contributed by atoms with E-state index in [1.165, 1.54) is 5.56 Å². The Balaban J connectivity index is 1.55. The van der Waals surface area contributed by atoms with E-state index in [9.17, 15) is 9.59 Å². The fraction of sp³-hybridized carbons (Fsp3) is 0.350. The summed E-state index contributed by atoms with van der Waals surface area (Å²) in [7, 11) is 0. The van der Waals surface area contributed by atoms with Crippen LogP contribution in [-0.2, 0) is 23.3 Å². The van der Waals surface area contributed by atoms with Gasteiger partial charge in [-0.25, -0.2) is 0 Å².